The fourth-order valence-electron chi connectivity index (χ4n) is 2.43. The summed E-state index contributed by atoms with van der Waals surface area (Å²) in [7, 11) is 3.42. The van der Waals surface area contributed by atoms with Crippen LogP contribution in [0.2, 0.25) is 0 Å². The summed E-state index contributed by atoms with van der Waals surface area (Å²) in [5.74, 6) is 1.67. The van der Waals surface area contributed by atoms with Crippen molar-refractivity contribution in [1.82, 2.24) is 10.6 Å². The molecule has 0 aliphatic rings. The molecule has 0 unspecified atom stereocenters. The van der Waals surface area contributed by atoms with E-state index in [1.165, 1.54) is 10.8 Å². The minimum absolute atomic E-state index is 0.607. The zero-order valence-corrected chi connectivity index (χ0v) is 15.7. The summed E-state index contributed by atoms with van der Waals surface area (Å²) < 4.78 is 16.2. The molecule has 0 saturated heterocycles. The number of hydrogen-bond acceptors (Lipinski definition) is 4. The summed E-state index contributed by atoms with van der Waals surface area (Å²) in [6.07, 6.45) is 0.887. The van der Waals surface area contributed by atoms with Crippen molar-refractivity contribution in [3.8, 4) is 5.75 Å². The van der Waals surface area contributed by atoms with Gasteiger partial charge in [-0.05, 0) is 29.3 Å². The summed E-state index contributed by atoms with van der Waals surface area (Å²) in [6, 6.07) is 14.5. The third kappa shape index (κ3) is 7.29. The van der Waals surface area contributed by atoms with Gasteiger partial charge in [-0.25, -0.2) is 0 Å². The maximum absolute atomic E-state index is 5.83. The maximum Gasteiger partial charge on any atom is 0.191 e. The third-order valence-corrected chi connectivity index (χ3v) is 3.80. The van der Waals surface area contributed by atoms with Crippen molar-refractivity contribution >= 4 is 16.7 Å². The monoisotopic (exact) mass is 359 g/mol. The topological polar surface area (TPSA) is 64.1 Å². The summed E-state index contributed by atoms with van der Waals surface area (Å²) in [6.45, 7) is 3.99. The molecule has 0 aromatic heterocycles. The van der Waals surface area contributed by atoms with Crippen LogP contribution in [0, 0.1) is 0 Å². The number of nitrogens with zero attached hydrogens (tertiary/aromatic N) is 1. The summed E-state index contributed by atoms with van der Waals surface area (Å²) in [5, 5.41) is 8.89. The van der Waals surface area contributed by atoms with Crippen LogP contribution >= 0.6 is 0 Å². The first-order valence-electron chi connectivity index (χ1n) is 8.96. The average molecular weight is 359 g/mol. The van der Waals surface area contributed by atoms with Gasteiger partial charge in [0.25, 0.3) is 0 Å². The van der Waals surface area contributed by atoms with Crippen LogP contribution in [0.15, 0.2) is 47.5 Å². The van der Waals surface area contributed by atoms with E-state index in [1.54, 1.807) is 14.2 Å². The first kappa shape index (κ1) is 20.0. The van der Waals surface area contributed by atoms with Crippen LogP contribution in [0.3, 0.4) is 0 Å². The van der Waals surface area contributed by atoms with Crippen LogP contribution in [0.5, 0.6) is 5.75 Å². The van der Waals surface area contributed by atoms with E-state index in [2.05, 4.69) is 39.9 Å². The van der Waals surface area contributed by atoms with E-state index >= 15 is 0 Å². The maximum atomic E-state index is 5.83. The highest BCUT2D eigenvalue weighted by atomic mass is 16.5. The van der Waals surface area contributed by atoms with Gasteiger partial charge in [0.15, 0.2) is 5.96 Å². The molecule has 0 saturated carbocycles. The number of fused-ring (bicyclic) bond motifs is 1. The van der Waals surface area contributed by atoms with Crippen molar-refractivity contribution in [3.63, 3.8) is 0 Å². The Morgan fingerprint density at radius 1 is 0.923 bits per heavy atom. The van der Waals surface area contributed by atoms with Gasteiger partial charge in [0, 0.05) is 27.2 Å². The molecule has 2 rings (SSSR count). The van der Waals surface area contributed by atoms with Gasteiger partial charge >= 0.3 is 0 Å². The van der Waals surface area contributed by atoms with Gasteiger partial charge in [-0.15, -0.1) is 0 Å². The lowest BCUT2D eigenvalue weighted by molar-refractivity contribution is 0.0733. The smallest absolute Gasteiger partial charge is 0.191 e. The van der Waals surface area contributed by atoms with E-state index in [9.17, 15) is 0 Å². The van der Waals surface area contributed by atoms with Gasteiger partial charge in [-0.3, -0.25) is 4.99 Å². The molecule has 0 bridgehead atoms. The van der Waals surface area contributed by atoms with Crippen LogP contribution in [-0.4, -0.2) is 59.6 Å². The zero-order chi connectivity index (χ0) is 18.5. The van der Waals surface area contributed by atoms with Crippen LogP contribution in [-0.2, 0) is 9.47 Å². The number of ether oxygens (including phenoxy) is 3. The lowest BCUT2D eigenvalue weighted by atomic mass is 10.1. The predicted molar refractivity (Wildman–Crippen MR) is 106 cm³/mol. The molecule has 0 atom stereocenters. The quantitative estimate of drug-likeness (QED) is 0.367. The number of methoxy groups -OCH3 is 1. The summed E-state index contributed by atoms with van der Waals surface area (Å²) >= 11 is 0. The highest BCUT2D eigenvalue weighted by molar-refractivity contribution is 5.83. The van der Waals surface area contributed by atoms with Crippen molar-refractivity contribution in [2.75, 3.05) is 53.7 Å². The highest BCUT2D eigenvalue weighted by Gasteiger charge is 1.99. The second kappa shape index (κ2) is 12.1. The number of hydrogen-bond donors (Lipinski definition) is 2. The molecule has 0 fully saturated rings. The van der Waals surface area contributed by atoms with E-state index in [0.717, 1.165) is 24.7 Å². The highest BCUT2D eigenvalue weighted by Crippen LogP contribution is 2.20. The molecule has 142 valence electrons. The van der Waals surface area contributed by atoms with E-state index < -0.39 is 0 Å². The normalized spacial score (nSPS) is 11.5. The van der Waals surface area contributed by atoms with E-state index in [0.29, 0.717) is 33.0 Å². The SMILES string of the molecule is CN=C(NCCCOc1ccc2ccccc2c1)NCCOCCOC. The Balaban J connectivity index is 1.58. The molecule has 26 heavy (non-hydrogen) atoms. The van der Waals surface area contributed by atoms with Crippen molar-refractivity contribution in [3.05, 3.63) is 42.5 Å². The summed E-state index contributed by atoms with van der Waals surface area (Å²) in [5.41, 5.74) is 0. The fourth-order valence-corrected chi connectivity index (χ4v) is 2.43. The molecule has 0 amide bonds. The predicted octanol–water partition coefficient (Wildman–Crippen LogP) is 2.44. The average Bonchev–Trinajstić information content (AvgIpc) is 2.68. The molecule has 0 heterocycles. The number of guanidine groups is 1. The Hall–Kier alpha value is -2.31. The Morgan fingerprint density at radius 2 is 1.73 bits per heavy atom. The van der Waals surface area contributed by atoms with Crippen molar-refractivity contribution in [2.45, 2.75) is 6.42 Å². The molecular formula is C20H29N3O3. The van der Waals surface area contributed by atoms with E-state index in [-0.39, 0.29) is 0 Å². The van der Waals surface area contributed by atoms with Gasteiger partial charge in [0.05, 0.1) is 26.4 Å². The standard InChI is InChI=1S/C20H29N3O3/c1-21-20(23-11-13-25-15-14-24-2)22-10-5-12-26-19-9-8-17-6-3-4-7-18(17)16-19/h3-4,6-9,16H,5,10-15H2,1-2H3,(H2,21,22,23). The Morgan fingerprint density at radius 3 is 2.54 bits per heavy atom. The lowest BCUT2D eigenvalue weighted by Gasteiger charge is -2.12. The van der Waals surface area contributed by atoms with Crippen LogP contribution < -0.4 is 15.4 Å². The second-order valence-electron chi connectivity index (χ2n) is 5.74. The van der Waals surface area contributed by atoms with Gasteiger partial charge in [0.1, 0.15) is 5.75 Å². The summed E-state index contributed by atoms with van der Waals surface area (Å²) in [4.78, 5) is 4.19. The lowest BCUT2D eigenvalue weighted by Crippen LogP contribution is -2.39. The Bertz CT molecular complexity index is 676. The molecule has 0 aliphatic carbocycles. The minimum Gasteiger partial charge on any atom is -0.494 e. The molecule has 0 aliphatic heterocycles. The Labute approximate surface area is 155 Å². The first-order valence-corrected chi connectivity index (χ1v) is 8.96. The Kier molecular flexibility index (Phi) is 9.32. The molecule has 0 radical (unpaired) electrons. The first-order chi connectivity index (χ1) is 12.8. The van der Waals surface area contributed by atoms with E-state index in [4.69, 9.17) is 14.2 Å². The van der Waals surface area contributed by atoms with Crippen molar-refractivity contribution in [2.24, 2.45) is 4.99 Å². The second-order valence-corrected chi connectivity index (χ2v) is 5.74. The molecule has 2 aromatic carbocycles. The van der Waals surface area contributed by atoms with Crippen molar-refractivity contribution < 1.29 is 14.2 Å². The minimum atomic E-state index is 0.607. The zero-order valence-electron chi connectivity index (χ0n) is 15.7. The van der Waals surface area contributed by atoms with Crippen molar-refractivity contribution in [1.29, 1.82) is 0 Å². The molecule has 2 aromatic rings. The van der Waals surface area contributed by atoms with E-state index in [1.807, 2.05) is 18.2 Å². The number of nitrogens with one attached hydrogen (secondary N) is 2. The van der Waals surface area contributed by atoms with Gasteiger partial charge in [-0.1, -0.05) is 30.3 Å². The number of benzene rings is 2. The van der Waals surface area contributed by atoms with Gasteiger partial charge in [0.2, 0.25) is 0 Å². The van der Waals surface area contributed by atoms with Crippen LogP contribution in [0.25, 0.3) is 10.8 Å². The van der Waals surface area contributed by atoms with Gasteiger partial charge in [-0.2, -0.15) is 0 Å². The molecule has 0 spiro atoms. The molecule has 6 nitrogen and oxygen atoms in total. The third-order valence-electron chi connectivity index (χ3n) is 3.80. The molecule has 2 N–H and O–H groups in total. The number of aliphatic imine (C=N–C) groups is 1. The molecular weight excluding hydrogens is 330 g/mol. The van der Waals surface area contributed by atoms with Gasteiger partial charge < -0.3 is 24.8 Å². The number of rotatable bonds is 11. The fraction of sp³-hybridized carbons (Fsp3) is 0.450. The van der Waals surface area contributed by atoms with Crippen LogP contribution in [0.1, 0.15) is 6.42 Å². The van der Waals surface area contributed by atoms with Crippen LogP contribution in [0.4, 0.5) is 0 Å². The molecule has 6 heteroatoms. The largest absolute Gasteiger partial charge is 0.494 e.